The van der Waals surface area contributed by atoms with E-state index in [0.29, 0.717) is 18.1 Å². The van der Waals surface area contributed by atoms with Crippen molar-refractivity contribution in [3.63, 3.8) is 0 Å². The molecule has 1 aromatic heterocycles. The van der Waals surface area contributed by atoms with E-state index in [1.807, 2.05) is 7.11 Å². The zero-order valence-corrected chi connectivity index (χ0v) is 12.3. The van der Waals surface area contributed by atoms with Crippen LogP contribution in [0.1, 0.15) is 62.3 Å². The van der Waals surface area contributed by atoms with Gasteiger partial charge in [-0.15, -0.1) is 0 Å². The van der Waals surface area contributed by atoms with Crippen molar-refractivity contribution in [2.24, 2.45) is 0 Å². The Bertz CT molecular complexity index is 452. The summed E-state index contributed by atoms with van der Waals surface area (Å²) < 4.78 is 8.24. The molecule has 106 valence electrons. The molecule has 19 heavy (non-hydrogen) atoms. The Morgan fingerprint density at radius 3 is 2.95 bits per heavy atom. The van der Waals surface area contributed by atoms with E-state index >= 15 is 0 Å². The molecule has 0 aromatic carbocycles. The normalized spacial score (nSPS) is 26.9. The second kappa shape index (κ2) is 5.25. The van der Waals surface area contributed by atoms with Gasteiger partial charge in [0.2, 0.25) is 0 Å². The van der Waals surface area contributed by atoms with Crippen LogP contribution in [-0.4, -0.2) is 29.3 Å². The molecule has 1 N–H and O–H groups in total. The summed E-state index contributed by atoms with van der Waals surface area (Å²) in [4.78, 5) is 4.91. The van der Waals surface area contributed by atoms with Gasteiger partial charge in [-0.2, -0.15) is 0 Å². The minimum absolute atomic E-state index is 0.366. The molecule has 0 spiro atoms. The third kappa shape index (κ3) is 2.21. The molecule has 2 heterocycles. The first kappa shape index (κ1) is 13.1. The summed E-state index contributed by atoms with van der Waals surface area (Å²) in [5, 5.41) is 3.43. The van der Waals surface area contributed by atoms with Gasteiger partial charge in [0, 0.05) is 38.2 Å². The van der Waals surface area contributed by atoms with Crippen molar-refractivity contribution in [2.75, 3.05) is 13.7 Å². The summed E-state index contributed by atoms with van der Waals surface area (Å²) in [7, 11) is 1.85. The van der Waals surface area contributed by atoms with Gasteiger partial charge >= 0.3 is 0 Å². The van der Waals surface area contributed by atoms with Crippen LogP contribution in [0.4, 0.5) is 0 Å². The van der Waals surface area contributed by atoms with Gasteiger partial charge in [-0.3, -0.25) is 0 Å². The maximum Gasteiger partial charge on any atom is 0.112 e. The fourth-order valence-corrected chi connectivity index (χ4v) is 3.61. The topological polar surface area (TPSA) is 39.1 Å². The zero-order valence-electron chi connectivity index (χ0n) is 12.3. The van der Waals surface area contributed by atoms with Crippen LogP contribution >= 0.6 is 0 Å². The summed E-state index contributed by atoms with van der Waals surface area (Å²) in [6.45, 7) is 6.48. The molecular formula is C15H25N3O. The third-order valence-corrected chi connectivity index (χ3v) is 4.52. The largest absolute Gasteiger partial charge is 0.379 e. The number of hydrogen-bond donors (Lipinski definition) is 1. The fraction of sp³-hybridized carbons (Fsp3) is 0.800. The summed E-state index contributed by atoms with van der Waals surface area (Å²) in [5.74, 6) is 1.73. The molecule has 1 saturated carbocycles. The van der Waals surface area contributed by atoms with E-state index in [1.165, 1.54) is 36.5 Å². The first-order valence-corrected chi connectivity index (χ1v) is 7.55. The molecular weight excluding hydrogens is 238 g/mol. The van der Waals surface area contributed by atoms with E-state index in [2.05, 4.69) is 23.7 Å². The highest BCUT2D eigenvalue weighted by molar-refractivity contribution is 5.23. The van der Waals surface area contributed by atoms with Crippen molar-refractivity contribution >= 4 is 0 Å². The molecule has 3 rings (SSSR count). The number of imidazole rings is 1. The fourth-order valence-electron chi connectivity index (χ4n) is 3.61. The van der Waals surface area contributed by atoms with Crippen LogP contribution in [0.25, 0.3) is 0 Å². The Kier molecular flexibility index (Phi) is 3.63. The second-order valence-corrected chi connectivity index (χ2v) is 6.09. The lowest BCUT2D eigenvalue weighted by Gasteiger charge is -2.26. The monoisotopic (exact) mass is 263 g/mol. The Morgan fingerprint density at radius 1 is 1.37 bits per heavy atom. The molecule has 0 radical (unpaired) electrons. The first-order chi connectivity index (χ1) is 9.22. The van der Waals surface area contributed by atoms with Gasteiger partial charge in [-0.25, -0.2) is 4.98 Å². The lowest BCUT2D eigenvalue weighted by atomic mass is 10.1. The molecule has 1 aliphatic carbocycles. The maximum atomic E-state index is 5.71. The van der Waals surface area contributed by atoms with Gasteiger partial charge in [-0.1, -0.05) is 13.8 Å². The van der Waals surface area contributed by atoms with Crippen LogP contribution in [0, 0.1) is 0 Å². The van der Waals surface area contributed by atoms with E-state index in [4.69, 9.17) is 9.72 Å². The van der Waals surface area contributed by atoms with E-state index in [9.17, 15) is 0 Å². The van der Waals surface area contributed by atoms with Crippen LogP contribution in [-0.2, 0) is 17.7 Å². The molecule has 2 aliphatic rings. The van der Waals surface area contributed by atoms with E-state index < -0.39 is 0 Å². The minimum atomic E-state index is 0.366. The highest BCUT2D eigenvalue weighted by Crippen LogP contribution is 2.37. The number of fused-ring (bicyclic) bond motifs is 1. The molecule has 1 fully saturated rings. The highest BCUT2D eigenvalue weighted by Gasteiger charge is 2.34. The molecule has 2 atom stereocenters. The number of nitrogens with one attached hydrogen (secondary N) is 1. The summed E-state index contributed by atoms with van der Waals surface area (Å²) in [6, 6.07) is 0.497. The predicted molar refractivity (Wildman–Crippen MR) is 75.4 cm³/mol. The molecule has 2 unspecified atom stereocenters. The number of aromatic nitrogens is 2. The summed E-state index contributed by atoms with van der Waals surface area (Å²) in [6.07, 6.45) is 5.15. The molecule has 0 saturated heterocycles. The quantitative estimate of drug-likeness (QED) is 0.910. The highest BCUT2D eigenvalue weighted by atomic mass is 16.5. The van der Waals surface area contributed by atoms with Crippen LogP contribution < -0.4 is 5.32 Å². The Morgan fingerprint density at radius 2 is 2.21 bits per heavy atom. The second-order valence-electron chi connectivity index (χ2n) is 6.09. The number of hydrogen-bond acceptors (Lipinski definition) is 3. The minimum Gasteiger partial charge on any atom is -0.379 e. The zero-order chi connectivity index (χ0) is 13.4. The molecule has 1 aliphatic heterocycles. The summed E-state index contributed by atoms with van der Waals surface area (Å²) in [5.41, 5.74) is 2.72. The summed E-state index contributed by atoms with van der Waals surface area (Å²) >= 11 is 0. The van der Waals surface area contributed by atoms with Gasteiger partial charge in [0.25, 0.3) is 0 Å². The molecule has 0 amide bonds. The number of ether oxygens (including phenoxy) is 1. The molecule has 1 aromatic rings. The van der Waals surface area contributed by atoms with Crippen LogP contribution in [0.5, 0.6) is 0 Å². The lowest BCUT2D eigenvalue weighted by molar-refractivity contribution is 0.0727. The lowest BCUT2D eigenvalue weighted by Crippen LogP contribution is -2.29. The first-order valence-electron chi connectivity index (χ1n) is 7.55. The van der Waals surface area contributed by atoms with Gasteiger partial charge < -0.3 is 14.6 Å². The molecule has 0 bridgehead atoms. The maximum absolute atomic E-state index is 5.71. The average molecular weight is 263 g/mol. The van der Waals surface area contributed by atoms with Gasteiger partial charge in [0.1, 0.15) is 5.82 Å². The van der Waals surface area contributed by atoms with Crippen molar-refractivity contribution < 1.29 is 4.74 Å². The van der Waals surface area contributed by atoms with Crippen LogP contribution in [0.15, 0.2) is 0 Å². The Hall–Kier alpha value is -0.870. The Balaban J connectivity index is 2.04. The predicted octanol–water partition coefficient (Wildman–Crippen LogP) is 2.39. The van der Waals surface area contributed by atoms with Crippen LogP contribution in [0.2, 0.25) is 0 Å². The number of rotatable bonds is 3. The van der Waals surface area contributed by atoms with E-state index in [0.717, 1.165) is 19.5 Å². The van der Waals surface area contributed by atoms with Crippen molar-refractivity contribution in [1.29, 1.82) is 0 Å². The van der Waals surface area contributed by atoms with Gasteiger partial charge in [0.15, 0.2) is 0 Å². The van der Waals surface area contributed by atoms with E-state index in [-0.39, 0.29) is 0 Å². The van der Waals surface area contributed by atoms with Crippen molar-refractivity contribution in [3.05, 3.63) is 17.2 Å². The van der Waals surface area contributed by atoms with E-state index in [1.54, 1.807) is 0 Å². The average Bonchev–Trinajstić information content (AvgIpc) is 3.01. The van der Waals surface area contributed by atoms with Crippen LogP contribution in [0.3, 0.4) is 0 Å². The van der Waals surface area contributed by atoms with Gasteiger partial charge in [0.05, 0.1) is 17.8 Å². The van der Waals surface area contributed by atoms with Crippen molar-refractivity contribution in [1.82, 2.24) is 14.9 Å². The van der Waals surface area contributed by atoms with Crippen molar-refractivity contribution in [2.45, 2.75) is 64.1 Å². The Labute approximate surface area is 115 Å². The standard InChI is InChI=1S/C15H25N3O/c1-10(2)15-17-11-9-16-8-7-12(11)18(15)13-5-4-6-14(13)19-3/h10,13-14,16H,4-9H2,1-3H3. The molecule has 4 nitrogen and oxygen atoms in total. The number of methoxy groups -OCH3 is 1. The SMILES string of the molecule is COC1CCCC1n1c(C(C)C)nc2c1CCNC2. The van der Waals surface area contributed by atoms with Gasteiger partial charge in [-0.05, 0) is 19.3 Å². The smallest absolute Gasteiger partial charge is 0.112 e. The third-order valence-electron chi connectivity index (χ3n) is 4.52. The molecule has 4 heteroatoms. The van der Waals surface area contributed by atoms with Crippen molar-refractivity contribution in [3.8, 4) is 0 Å². The number of nitrogens with zero attached hydrogens (tertiary/aromatic N) is 2.